The smallest absolute Gasteiger partial charge is 0.316 e. The summed E-state index contributed by atoms with van der Waals surface area (Å²) in [5.41, 5.74) is 0.717. The van der Waals surface area contributed by atoms with Crippen molar-refractivity contribution in [2.24, 2.45) is 5.92 Å². The molecule has 4 rings (SSSR count). The second-order valence-electron chi connectivity index (χ2n) is 7.28. The molecule has 2 aromatic carbocycles. The number of hydrogen-bond acceptors (Lipinski definition) is 3. The molecule has 0 aliphatic carbocycles. The second-order valence-corrected chi connectivity index (χ2v) is 7.28. The van der Waals surface area contributed by atoms with Crippen molar-refractivity contribution in [3.63, 3.8) is 0 Å². The minimum absolute atomic E-state index is 0. The number of benzene rings is 2. The zero-order valence-electron chi connectivity index (χ0n) is 16.0. The molecule has 2 aromatic rings. The third-order valence-corrected chi connectivity index (χ3v) is 5.09. The second kappa shape index (κ2) is 10.3. The van der Waals surface area contributed by atoms with Crippen LogP contribution in [0.1, 0.15) is 36.8 Å². The summed E-state index contributed by atoms with van der Waals surface area (Å²) in [6, 6.07) is 6.16. The van der Waals surface area contributed by atoms with Crippen LogP contribution in [0.15, 0.2) is 36.4 Å². The van der Waals surface area contributed by atoms with E-state index in [4.69, 9.17) is 5.11 Å². The van der Waals surface area contributed by atoms with Crippen molar-refractivity contribution in [3.8, 4) is 0 Å². The summed E-state index contributed by atoms with van der Waals surface area (Å²) < 4.78 is 51.7. The molecule has 0 aromatic heterocycles. The van der Waals surface area contributed by atoms with Crippen LogP contribution in [-0.2, 0) is 14.4 Å². The van der Waals surface area contributed by atoms with Crippen LogP contribution in [0, 0.1) is 29.2 Å². The number of carbonyl (C=O) groups is 3. The Bertz CT molecular complexity index is 990. The topological polar surface area (TPSA) is 95.5 Å². The van der Waals surface area contributed by atoms with Crippen LogP contribution < -0.4 is 10.6 Å². The molecule has 0 bridgehead atoms. The highest BCUT2D eigenvalue weighted by molar-refractivity contribution is 5.99. The lowest BCUT2D eigenvalue weighted by Crippen LogP contribution is -2.26. The minimum atomic E-state index is -1.30. The normalized spacial score (nSPS) is 21.7. The molecule has 2 amide bonds. The predicted molar refractivity (Wildman–Crippen MR) is 107 cm³/mol. The molecule has 172 valence electrons. The molecule has 2 fully saturated rings. The van der Waals surface area contributed by atoms with Gasteiger partial charge in [-0.1, -0.05) is 7.43 Å². The largest absolute Gasteiger partial charge is 0.481 e. The van der Waals surface area contributed by atoms with Gasteiger partial charge in [-0.05, 0) is 35.4 Å². The summed E-state index contributed by atoms with van der Waals surface area (Å²) in [5, 5.41) is 13.9. The van der Waals surface area contributed by atoms with Gasteiger partial charge in [0, 0.05) is 43.5 Å². The molecule has 3 atom stereocenters. The first-order valence-electron chi connectivity index (χ1n) is 9.33. The van der Waals surface area contributed by atoms with Crippen LogP contribution in [0.4, 0.5) is 17.6 Å². The van der Waals surface area contributed by atoms with E-state index in [2.05, 4.69) is 10.6 Å². The molecule has 2 aliphatic rings. The van der Waals surface area contributed by atoms with Crippen LogP contribution in [0.2, 0.25) is 0 Å². The standard InChI is InChI=1S/C11H9F2NO3.C10H9F2NO.CH4/c12-6-1-5(2-7(13)3-6)8-4-14-10(15)9(8)11(16)17;11-8-1-6(2-9(12)4-8)7-3-10(14)13-5-7;/h1-3,8-9H,4H2,(H,14,15)(H,16,17);1-2,4,7H,3,5H2,(H,13,14);1H4/t8-,9?;7-;/m00./s1. The van der Waals surface area contributed by atoms with E-state index in [0.29, 0.717) is 24.6 Å². The molecule has 2 aliphatic heterocycles. The Kier molecular flexibility index (Phi) is 7.96. The van der Waals surface area contributed by atoms with Crippen molar-refractivity contribution < 1.29 is 37.1 Å². The van der Waals surface area contributed by atoms with Gasteiger partial charge in [-0.2, -0.15) is 0 Å². The Labute approximate surface area is 181 Å². The van der Waals surface area contributed by atoms with Gasteiger partial charge in [-0.15, -0.1) is 0 Å². The lowest BCUT2D eigenvalue weighted by Gasteiger charge is -2.13. The monoisotopic (exact) mass is 454 g/mol. The lowest BCUT2D eigenvalue weighted by molar-refractivity contribution is -0.145. The molecule has 2 saturated heterocycles. The van der Waals surface area contributed by atoms with E-state index in [1.54, 1.807) is 0 Å². The number of carboxylic acids is 1. The predicted octanol–water partition coefficient (Wildman–Crippen LogP) is 3.08. The number of hydrogen-bond donors (Lipinski definition) is 3. The summed E-state index contributed by atoms with van der Waals surface area (Å²) in [6.07, 6.45) is 0.308. The maximum Gasteiger partial charge on any atom is 0.316 e. The maximum atomic E-state index is 13.0. The first-order chi connectivity index (χ1) is 14.6. The average Bonchev–Trinajstić information content (AvgIpc) is 3.26. The minimum Gasteiger partial charge on any atom is -0.481 e. The summed E-state index contributed by atoms with van der Waals surface area (Å²) >= 11 is 0. The molecular weight excluding hydrogens is 432 g/mol. The van der Waals surface area contributed by atoms with Crippen molar-refractivity contribution in [3.05, 3.63) is 70.8 Å². The van der Waals surface area contributed by atoms with Crippen LogP contribution >= 0.6 is 0 Å². The van der Waals surface area contributed by atoms with Gasteiger partial charge in [0.1, 0.15) is 29.2 Å². The van der Waals surface area contributed by atoms with Crippen LogP contribution in [0.5, 0.6) is 0 Å². The number of rotatable bonds is 3. The Balaban J connectivity index is 0.000000224. The van der Waals surface area contributed by atoms with Crippen molar-refractivity contribution in [2.75, 3.05) is 13.1 Å². The van der Waals surface area contributed by atoms with E-state index in [0.717, 1.165) is 18.2 Å². The highest BCUT2D eigenvalue weighted by Crippen LogP contribution is 2.30. The van der Waals surface area contributed by atoms with E-state index >= 15 is 0 Å². The fraction of sp³-hybridized carbons (Fsp3) is 0.318. The summed E-state index contributed by atoms with van der Waals surface area (Å²) in [7, 11) is 0. The van der Waals surface area contributed by atoms with E-state index in [1.807, 2.05) is 0 Å². The van der Waals surface area contributed by atoms with E-state index in [1.165, 1.54) is 12.1 Å². The maximum absolute atomic E-state index is 13.0. The molecule has 3 N–H and O–H groups in total. The van der Waals surface area contributed by atoms with Gasteiger partial charge in [-0.25, -0.2) is 17.6 Å². The van der Waals surface area contributed by atoms with Gasteiger partial charge < -0.3 is 15.7 Å². The Hall–Kier alpha value is -3.43. The highest BCUT2D eigenvalue weighted by Gasteiger charge is 2.41. The molecule has 0 radical (unpaired) electrons. The molecule has 10 heteroatoms. The quantitative estimate of drug-likeness (QED) is 0.491. The molecule has 32 heavy (non-hydrogen) atoms. The number of carboxylic acid groups (broad SMARTS) is 1. The average molecular weight is 454 g/mol. The van der Waals surface area contributed by atoms with Crippen molar-refractivity contribution in [2.45, 2.75) is 25.7 Å². The van der Waals surface area contributed by atoms with Crippen molar-refractivity contribution in [1.82, 2.24) is 10.6 Å². The Morgan fingerprint density at radius 2 is 1.31 bits per heavy atom. The first-order valence-corrected chi connectivity index (χ1v) is 9.33. The number of carbonyl (C=O) groups excluding carboxylic acids is 2. The van der Waals surface area contributed by atoms with Gasteiger partial charge in [0.25, 0.3) is 0 Å². The van der Waals surface area contributed by atoms with E-state index in [9.17, 15) is 31.9 Å². The first kappa shape index (κ1) is 24.8. The molecule has 0 spiro atoms. The summed E-state index contributed by atoms with van der Waals surface area (Å²) in [6.45, 7) is 0.528. The van der Waals surface area contributed by atoms with Crippen LogP contribution in [0.25, 0.3) is 0 Å². The molecule has 0 saturated carbocycles. The molecule has 2 heterocycles. The zero-order chi connectivity index (χ0) is 22.7. The van der Waals surface area contributed by atoms with Crippen molar-refractivity contribution in [1.29, 1.82) is 0 Å². The lowest BCUT2D eigenvalue weighted by atomic mass is 9.88. The molecular formula is C22H22F4N2O4. The van der Waals surface area contributed by atoms with Gasteiger partial charge in [0.05, 0.1) is 0 Å². The highest BCUT2D eigenvalue weighted by atomic mass is 19.1. The Morgan fingerprint density at radius 1 is 0.812 bits per heavy atom. The third kappa shape index (κ3) is 5.83. The van der Waals surface area contributed by atoms with Gasteiger partial charge in [-0.3, -0.25) is 14.4 Å². The number of halogens is 4. The van der Waals surface area contributed by atoms with Gasteiger partial charge >= 0.3 is 5.97 Å². The summed E-state index contributed by atoms with van der Waals surface area (Å²) in [4.78, 5) is 33.1. The van der Waals surface area contributed by atoms with Crippen molar-refractivity contribution >= 4 is 17.8 Å². The zero-order valence-corrected chi connectivity index (χ0v) is 16.0. The Morgan fingerprint density at radius 3 is 1.75 bits per heavy atom. The molecule has 6 nitrogen and oxygen atoms in total. The summed E-state index contributed by atoms with van der Waals surface area (Å²) in [5.74, 6) is -6.92. The third-order valence-electron chi connectivity index (χ3n) is 5.09. The van der Waals surface area contributed by atoms with E-state index < -0.39 is 47.0 Å². The SMILES string of the molecule is C.O=C(O)C1C(=O)NC[C@H]1c1cc(F)cc(F)c1.O=C1C[C@H](c2cc(F)cc(F)c2)CN1. The van der Waals surface area contributed by atoms with Gasteiger partial charge in [0.2, 0.25) is 11.8 Å². The number of nitrogens with one attached hydrogen (secondary N) is 2. The fourth-order valence-corrected chi connectivity index (χ4v) is 3.66. The molecule has 1 unspecified atom stereocenters. The van der Waals surface area contributed by atoms with Crippen LogP contribution in [-0.4, -0.2) is 36.0 Å². The van der Waals surface area contributed by atoms with Gasteiger partial charge in [0.15, 0.2) is 0 Å². The van der Waals surface area contributed by atoms with E-state index in [-0.39, 0.29) is 31.4 Å². The van der Waals surface area contributed by atoms with Crippen LogP contribution in [0.3, 0.4) is 0 Å². The number of amides is 2. The number of aliphatic carboxylic acids is 1. The fourth-order valence-electron chi connectivity index (χ4n) is 3.66.